The Morgan fingerprint density at radius 1 is 1.70 bits per heavy atom. The van der Waals surface area contributed by atoms with Crippen LogP contribution in [0.5, 0.6) is 0 Å². The van der Waals surface area contributed by atoms with Gasteiger partial charge in [-0.15, -0.1) is 0 Å². The van der Waals surface area contributed by atoms with E-state index in [9.17, 15) is 12.3 Å². The average Bonchev–Trinajstić information content (AvgIpc) is 2.11. The van der Waals surface area contributed by atoms with Gasteiger partial charge in [-0.25, -0.2) is 0 Å². The summed E-state index contributed by atoms with van der Waals surface area (Å²) in [4.78, 5) is 0. The van der Waals surface area contributed by atoms with Crippen molar-refractivity contribution in [2.24, 2.45) is 0 Å². The van der Waals surface area contributed by atoms with E-state index in [4.69, 9.17) is 0 Å². The lowest BCUT2D eigenvalue weighted by molar-refractivity contribution is 0.547. The maximum Gasteiger partial charge on any atom is 0.351 e. The molecule has 0 saturated carbocycles. The summed E-state index contributed by atoms with van der Waals surface area (Å²) in [6, 6.07) is 1.12. The minimum absolute atomic E-state index is 0.510. The Bertz CT molecular complexity index is 329. The van der Waals surface area contributed by atoms with Gasteiger partial charge >= 0.3 is 10.2 Å². The number of nitrogens with zero attached hydrogens (tertiary/aromatic N) is 1. The summed E-state index contributed by atoms with van der Waals surface area (Å²) in [5.74, 6) is 0. The summed E-state index contributed by atoms with van der Waals surface area (Å²) in [5.41, 5.74) is 0.510. The Labute approximate surface area is 57.3 Å². The topological polar surface area (TPSA) is 62.8 Å². The van der Waals surface area contributed by atoms with Crippen molar-refractivity contribution >= 4 is 10.2 Å². The van der Waals surface area contributed by atoms with Gasteiger partial charge in [-0.2, -0.15) is 13.5 Å². The highest BCUT2D eigenvalue weighted by Gasteiger charge is 2.14. The molecule has 1 N–H and O–H groups in total. The van der Waals surface area contributed by atoms with Crippen LogP contribution in [-0.4, -0.2) is 18.6 Å². The predicted octanol–water partition coefficient (Wildman–Crippen LogP) is 0.376. The van der Waals surface area contributed by atoms with Crippen LogP contribution in [0, 0.1) is 6.92 Å². The summed E-state index contributed by atoms with van der Waals surface area (Å²) in [5, 5.41) is 4.94. The van der Waals surface area contributed by atoms with Gasteiger partial charge in [0.25, 0.3) is 0 Å². The minimum Gasteiger partial charge on any atom is -0.281 e. The number of aryl methyl sites for hydroxylation is 1. The van der Waals surface area contributed by atoms with E-state index in [0.717, 1.165) is 6.07 Å². The highest BCUT2D eigenvalue weighted by atomic mass is 32.3. The van der Waals surface area contributed by atoms with Gasteiger partial charge in [0.05, 0.1) is 0 Å². The zero-order valence-corrected chi connectivity index (χ0v) is 5.94. The van der Waals surface area contributed by atoms with E-state index in [1.54, 1.807) is 6.92 Å². The lowest BCUT2D eigenvalue weighted by Gasteiger charge is -1.80. The molecule has 1 rings (SSSR count). The minimum atomic E-state index is -4.62. The molecule has 1 aromatic heterocycles. The summed E-state index contributed by atoms with van der Waals surface area (Å²) in [7, 11) is -4.62. The van der Waals surface area contributed by atoms with E-state index in [1.165, 1.54) is 0 Å². The summed E-state index contributed by atoms with van der Waals surface area (Å²) < 4.78 is 32.2. The van der Waals surface area contributed by atoms with Gasteiger partial charge in [0.2, 0.25) is 5.03 Å². The molecule has 1 heterocycles. The first-order valence-electron chi connectivity index (χ1n) is 2.47. The van der Waals surface area contributed by atoms with E-state index in [-0.39, 0.29) is 0 Å². The van der Waals surface area contributed by atoms with Crippen LogP contribution in [-0.2, 0) is 10.2 Å². The molecule has 0 aliphatic rings. The number of hydrogen-bond donors (Lipinski definition) is 1. The Hall–Kier alpha value is -0.910. The lowest BCUT2D eigenvalue weighted by Crippen LogP contribution is -1.90. The van der Waals surface area contributed by atoms with E-state index >= 15 is 0 Å². The van der Waals surface area contributed by atoms with Crippen LogP contribution in [0.25, 0.3) is 0 Å². The van der Waals surface area contributed by atoms with Crippen LogP contribution in [0.3, 0.4) is 0 Å². The van der Waals surface area contributed by atoms with Gasteiger partial charge in [0, 0.05) is 11.8 Å². The fourth-order valence-corrected chi connectivity index (χ4v) is 0.990. The molecule has 0 bridgehead atoms. The number of H-pyrrole nitrogens is 1. The molecule has 0 aliphatic carbocycles. The van der Waals surface area contributed by atoms with Crippen LogP contribution < -0.4 is 0 Å². The number of aromatic nitrogens is 2. The third-order valence-electron chi connectivity index (χ3n) is 0.932. The third-order valence-corrected chi connectivity index (χ3v) is 1.64. The summed E-state index contributed by atoms with van der Waals surface area (Å²) in [6.07, 6.45) is 0. The molecule has 0 radical (unpaired) electrons. The van der Waals surface area contributed by atoms with Crippen LogP contribution in [0.2, 0.25) is 0 Å². The normalized spacial score (nSPS) is 11.8. The molecule has 0 saturated heterocycles. The number of rotatable bonds is 1. The molecule has 56 valence electrons. The maximum absolute atomic E-state index is 12.0. The Kier molecular flexibility index (Phi) is 1.47. The SMILES string of the molecule is Cc1cc(S(=O)(=O)F)n[nH]1. The fraction of sp³-hybridized carbons (Fsp3) is 0.250. The molecule has 0 amide bonds. The molecule has 0 fully saturated rings. The van der Waals surface area contributed by atoms with Crippen molar-refractivity contribution < 1.29 is 12.3 Å². The predicted molar refractivity (Wildman–Crippen MR) is 31.6 cm³/mol. The fourth-order valence-electron chi connectivity index (χ4n) is 0.518. The first-order chi connectivity index (χ1) is 4.50. The van der Waals surface area contributed by atoms with E-state index < -0.39 is 15.2 Å². The molecule has 0 atom stereocenters. The highest BCUT2D eigenvalue weighted by Crippen LogP contribution is 2.08. The van der Waals surface area contributed by atoms with Crippen LogP contribution in [0.4, 0.5) is 3.89 Å². The molecular weight excluding hydrogens is 159 g/mol. The molecule has 10 heavy (non-hydrogen) atoms. The Morgan fingerprint density at radius 3 is 2.50 bits per heavy atom. The molecule has 1 aromatic rings. The number of halogens is 1. The van der Waals surface area contributed by atoms with E-state index in [0.29, 0.717) is 5.69 Å². The third kappa shape index (κ3) is 1.32. The monoisotopic (exact) mass is 164 g/mol. The Morgan fingerprint density at radius 2 is 2.30 bits per heavy atom. The molecular formula is C4H5FN2O2S. The van der Waals surface area contributed by atoms with E-state index in [2.05, 4.69) is 10.2 Å². The van der Waals surface area contributed by atoms with Crippen molar-refractivity contribution in [1.82, 2.24) is 10.2 Å². The van der Waals surface area contributed by atoms with Crippen LogP contribution in [0.1, 0.15) is 5.69 Å². The first kappa shape index (κ1) is 7.20. The van der Waals surface area contributed by atoms with Gasteiger partial charge in [-0.05, 0) is 6.92 Å². The summed E-state index contributed by atoms with van der Waals surface area (Å²) in [6.45, 7) is 1.58. The van der Waals surface area contributed by atoms with Gasteiger partial charge in [-0.3, -0.25) is 5.10 Å². The van der Waals surface area contributed by atoms with Crippen molar-refractivity contribution in [2.75, 3.05) is 0 Å². The maximum atomic E-state index is 12.0. The Balaban J connectivity index is 3.21. The molecule has 0 unspecified atom stereocenters. The second kappa shape index (κ2) is 2.05. The molecule has 4 nitrogen and oxygen atoms in total. The smallest absolute Gasteiger partial charge is 0.281 e. The average molecular weight is 164 g/mol. The second-order valence-corrected chi connectivity index (χ2v) is 3.12. The largest absolute Gasteiger partial charge is 0.351 e. The first-order valence-corrected chi connectivity index (χ1v) is 3.85. The van der Waals surface area contributed by atoms with Crippen molar-refractivity contribution in [3.05, 3.63) is 11.8 Å². The standard InChI is InChI=1S/C4H5FN2O2S/c1-3-2-4(7-6-3)10(5,8)9/h2H,1H3,(H,6,7). The molecule has 6 heteroatoms. The van der Waals surface area contributed by atoms with Crippen molar-refractivity contribution in [2.45, 2.75) is 11.9 Å². The van der Waals surface area contributed by atoms with E-state index in [1.807, 2.05) is 0 Å². The lowest BCUT2D eigenvalue weighted by atomic mass is 10.5. The van der Waals surface area contributed by atoms with Gasteiger partial charge in [0.1, 0.15) is 0 Å². The molecule has 0 aromatic carbocycles. The number of nitrogens with one attached hydrogen (secondary N) is 1. The van der Waals surface area contributed by atoms with Gasteiger partial charge in [0.15, 0.2) is 0 Å². The zero-order chi connectivity index (χ0) is 7.78. The molecule has 0 spiro atoms. The quantitative estimate of drug-likeness (QED) is 0.610. The highest BCUT2D eigenvalue weighted by molar-refractivity contribution is 7.86. The van der Waals surface area contributed by atoms with Crippen LogP contribution >= 0.6 is 0 Å². The number of hydrogen-bond acceptors (Lipinski definition) is 3. The zero-order valence-electron chi connectivity index (χ0n) is 5.13. The van der Waals surface area contributed by atoms with Gasteiger partial charge < -0.3 is 0 Å². The second-order valence-electron chi connectivity index (χ2n) is 1.83. The van der Waals surface area contributed by atoms with Crippen molar-refractivity contribution in [3.8, 4) is 0 Å². The van der Waals surface area contributed by atoms with Crippen molar-refractivity contribution in [3.63, 3.8) is 0 Å². The van der Waals surface area contributed by atoms with Crippen molar-refractivity contribution in [1.29, 1.82) is 0 Å². The molecule has 0 aliphatic heterocycles. The number of aromatic amines is 1. The van der Waals surface area contributed by atoms with Crippen LogP contribution in [0.15, 0.2) is 11.1 Å². The summed E-state index contributed by atoms with van der Waals surface area (Å²) >= 11 is 0. The van der Waals surface area contributed by atoms with Gasteiger partial charge in [-0.1, -0.05) is 3.89 Å².